The minimum absolute atomic E-state index is 0.00182. The third-order valence-electron chi connectivity index (χ3n) is 1.80. The van der Waals surface area contributed by atoms with Crippen LogP contribution in [0.5, 0.6) is 5.75 Å². The Bertz CT molecular complexity index is 411. The average Bonchev–Trinajstić information content (AvgIpc) is 2.18. The fraction of sp³-hybridized carbons (Fsp3) is 0.333. The molecule has 0 saturated heterocycles. The number of alkyl halides is 2. The van der Waals surface area contributed by atoms with Gasteiger partial charge < -0.3 is 4.74 Å². The van der Waals surface area contributed by atoms with Crippen LogP contribution < -0.4 is 4.74 Å². The fourth-order valence-electron chi connectivity index (χ4n) is 1.02. The van der Waals surface area contributed by atoms with Gasteiger partial charge in [-0.05, 0) is 17.7 Å². The normalized spacial score (nSPS) is 11.7. The van der Waals surface area contributed by atoms with Crippen LogP contribution in [0, 0.1) is 0 Å². The van der Waals surface area contributed by atoms with E-state index in [9.17, 15) is 8.42 Å². The molecule has 0 atom stereocenters. The van der Waals surface area contributed by atoms with Crippen molar-refractivity contribution in [2.45, 2.75) is 8.82 Å². The Morgan fingerprint density at radius 3 is 2.20 bits per heavy atom. The van der Waals surface area contributed by atoms with Crippen LogP contribution in [0.1, 0.15) is 5.56 Å². The van der Waals surface area contributed by atoms with Gasteiger partial charge in [-0.15, -0.1) is 0 Å². The lowest BCUT2D eigenvalue weighted by Crippen LogP contribution is -2.10. The van der Waals surface area contributed by atoms with Crippen LogP contribution in [0.25, 0.3) is 0 Å². The Balaban J connectivity index is 2.82. The van der Waals surface area contributed by atoms with Gasteiger partial charge in [0.15, 0.2) is 12.9 Å². The van der Waals surface area contributed by atoms with Crippen molar-refractivity contribution in [2.24, 2.45) is 0 Å². The number of methoxy groups -OCH3 is 1. The van der Waals surface area contributed by atoms with Gasteiger partial charge in [-0.2, -0.15) is 0 Å². The molecule has 0 saturated carbocycles. The number of halogens is 2. The van der Waals surface area contributed by atoms with Gasteiger partial charge in [0, 0.05) is 0 Å². The third-order valence-corrected chi connectivity index (χ3v) is 6.49. The second-order valence-corrected chi connectivity index (χ2v) is 9.27. The zero-order valence-corrected chi connectivity index (χ0v) is 12.0. The summed E-state index contributed by atoms with van der Waals surface area (Å²) in [6.07, 6.45) is 0. The summed E-state index contributed by atoms with van der Waals surface area (Å²) in [5, 5.41) is 0. The first kappa shape index (κ1) is 13.0. The van der Waals surface area contributed by atoms with E-state index in [-0.39, 0.29) is 5.75 Å². The highest BCUT2D eigenvalue weighted by Crippen LogP contribution is 2.21. The molecule has 0 fully saturated rings. The Kier molecular flexibility index (Phi) is 4.61. The topological polar surface area (TPSA) is 43.4 Å². The summed E-state index contributed by atoms with van der Waals surface area (Å²) in [6, 6.07) is 6.95. The van der Waals surface area contributed by atoms with E-state index in [1.54, 1.807) is 31.4 Å². The molecule has 1 aromatic rings. The summed E-state index contributed by atoms with van der Waals surface area (Å²) in [6.45, 7) is 0. The summed E-state index contributed by atoms with van der Waals surface area (Å²) >= 11 is 5.97. The summed E-state index contributed by atoms with van der Waals surface area (Å²) in [5.41, 5.74) is 0.736. The van der Waals surface area contributed by atoms with E-state index in [1.165, 1.54) is 0 Å². The molecule has 1 rings (SSSR count). The number of hydrogen-bond acceptors (Lipinski definition) is 3. The molecule has 0 aliphatic heterocycles. The van der Waals surface area contributed by atoms with Gasteiger partial charge in [-0.3, -0.25) is 0 Å². The molecule has 0 spiro atoms. The number of hydrogen-bond donors (Lipinski definition) is 0. The molecule has 0 heterocycles. The molecule has 15 heavy (non-hydrogen) atoms. The first-order valence-corrected chi connectivity index (χ1v) is 7.63. The standard InChI is InChI=1S/C9H10Br2O3S/c1-14-8-4-2-7(3-5-8)6-15(12,13)9(10)11/h2-5,9H,6H2,1H3. The van der Waals surface area contributed by atoms with Crippen molar-refractivity contribution in [1.82, 2.24) is 0 Å². The van der Waals surface area contributed by atoms with Crippen LogP contribution in [-0.4, -0.2) is 18.6 Å². The van der Waals surface area contributed by atoms with Crippen LogP contribution in [0.2, 0.25) is 0 Å². The van der Waals surface area contributed by atoms with Crippen molar-refractivity contribution < 1.29 is 13.2 Å². The minimum atomic E-state index is -3.18. The van der Waals surface area contributed by atoms with E-state index in [0.29, 0.717) is 5.75 Å². The SMILES string of the molecule is COc1ccc(CS(=O)(=O)C(Br)Br)cc1. The molecule has 6 heteroatoms. The Hall–Kier alpha value is -0.0700. The molecule has 0 aliphatic rings. The molecule has 0 amide bonds. The first-order chi connectivity index (χ1) is 6.95. The van der Waals surface area contributed by atoms with E-state index in [1.807, 2.05) is 0 Å². The Morgan fingerprint density at radius 2 is 1.80 bits per heavy atom. The lowest BCUT2D eigenvalue weighted by molar-refractivity contribution is 0.414. The van der Waals surface area contributed by atoms with Crippen LogP contribution in [0.3, 0.4) is 0 Å². The number of benzene rings is 1. The summed E-state index contributed by atoms with van der Waals surface area (Å²) < 4.78 is 27.3. The van der Waals surface area contributed by atoms with Crippen molar-refractivity contribution in [3.63, 3.8) is 0 Å². The maximum atomic E-state index is 11.5. The van der Waals surface area contributed by atoms with Crippen molar-refractivity contribution >= 4 is 41.7 Å². The van der Waals surface area contributed by atoms with E-state index in [0.717, 1.165) is 5.56 Å². The van der Waals surface area contributed by atoms with Crippen LogP contribution >= 0.6 is 31.9 Å². The van der Waals surface area contributed by atoms with Crippen LogP contribution in [0.15, 0.2) is 24.3 Å². The molecular formula is C9H10Br2O3S. The maximum Gasteiger partial charge on any atom is 0.177 e. The minimum Gasteiger partial charge on any atom is -0.497 e. The van der Waals surface area contributed by atoms with Crippen molar-refractivity contribution in [1.29, 1.82) is 0 Å². The number of ether oxygens (including phenoxy) is 1. The highest BCUT2D eigenvalue weighted by Gasteiger charge is 2.19. The maximum absolute atomic E-state index is 11.5. The van der Waals surface area contributed by atoms with E-state index >= 15 is 0 Å². The molecule has 0 aliphatic carbocycles. The van der Waals surface area contributed by atoms with Gasteiger partial charge in [0.05, 0.1) is 12.9 Å². The molecular weight excluding hydrogens is 348 g/mol. The molecule has 3 nitrogen and oxygen atoms in total. The molecule has 1 aromatic carbocycles. The second-order valence-electron chi connectivity index (χ2n) is 2.92. The quantitative estimate of drug-likeness (QED) is 0.778. The Labute approximate surface area is 106 Å². The zero-order chi connectivity index (χ0) is 11.5. The third kappa shape index (κ3) is 3.77. The largest absolute Gasteiger partial charge is 0.497 e. The van der Waals surface area contributed by atoms with Gasteiger partial charge in [0.25, 0.3) is 0 Å². The van der Waals surface area contributed by atoms with E-state index in [2.05, 4.69) is 31.9 Å². The average molecular weight is 358 g/mol. The molecule has 84 valence electrons. The monoisotopic (exact) mass is 356 g/mol. The lowest BCUT2D eigenvalue weighted by atomic mass is 10.2. The Morgan fingerprint density at radius 1 is 1.27 bits per heavy atom. The van der Waals surface area contributed by atoms with Crippen molar-refractivity contribution in [3.8, 4) is 5.75 Å². The van der Waals surface area contributed by atoms with Crippen LogP contribution in [0.4, 0.5) is 0 Å². The predicted octanol–water partition coefficient (Wildman–Crippen LogP) is 2.68. The van der Waals surface area contributed by atoms with E-state index in [4.69, 9.17) is 4.74 Å². The summed E-state index contributed by atoms with van der Waals surface area (Å²) in [7, 11) is -1.61. The fourth-order valence-corrected chi connectivity index (χ4v) is 2.59. The van der Waals surface area contributed by atoms with Crippen molar-refractivity contribution in [2.75, 3.05) is 7.11 Å². The second kappa shape index (κ2) is 5.32. The van der Waals surface area contributed by atoms with E-state index < -0.39 is 12.9 Å². The van der Waals surface area contributed by atoms with Gasteiger partial charge in [-0.1, -0.05) is 44.0 Å². The highest BCUT2D eigenvalue weighted by atomic mass is 79.9. The smallest absolute Gasteiger partial charge is 0.177 e. The van der Waals surface area contributed by atoms with Crippen LogP contribution in [-0.2, 0) is 15.6 Å². The predicted molar refractivity (Wildman–Crippen MR) is 67.3 cm³/mol. The molecule has 0 unspecified atom stereocenters. The first-order valence-electron chi connectivity index (χ1n) is 4.08. The van der Waals surface area contributed by atoms with Gasteiger partial charge in [-0.25, -0.2) is 8.42 Å². The van der Waals surface area contributed by atoms with Gasteiger partial charge >= 0.3 is 0 Å². The summed E-state index contributed by atoms with van der Waals surface area (Å²) in [4.78, 5) is 0. The molecule has 0 N–H and O–H groups in total. The number of sulfone groups is 1. The molecule has 0 aromatic heterocycles. The molecule has 0 bridgehead atoms. The highest BCUT2D eigenvalue weighted by molar-refractivity contribution is 9.27. The van der Waals surface area contributed by atoms with Crippen molar-refractivity contribution in [3.05, 3.63) is 29.8 Å². The van der Waals surface area contributed by atoms with Gasteiger partial charge in [0.2, 0.25) is 0 Å². The zero-order valence-electron chi connectivity index (χ0n) is 7.98. The number of rotatable bonds is 4. The summed E-state index contributed by atoms with van der Waals surface area (Å²) in [5.74, 6) is 0.711. The lowest BCUT2D eigenvalue weighted by Gasteiger charge is -2.06. The van der Waals surface area contributed by atoms with Gasteiger partial charge in [0.1, 0.15) is 5.75 Å². The molecule has 0 radical (unpaired) electrons.